The molecule has 2 aromatic rings. The number of carbonyl (C=O) groups excluding carboxylic acids is 1. The van der Waals surface area contributed by atoms with E-state index in [0.717, 1.165) is 25.3 Å². The molecular weight excluding hydrogens is 501 g/mol. The first kappa shape index (κ1) is 21.6. The second-order valence-corrected chi connectivity index (χ2v) is 9.50. The summed E-state index contributed by atoms with van der Waals surface area (Å²) in [5, 5.41) is 4.48. The molecule has 0 heterocycles. The van der Waals surface area contributed by atoms with Crippen molar-refractivity contribution in [1.29, 1.82) is 0 Å². The van der Waals surface area contributed by atoms with Gasteiger partial charge in [-0.05, 0) is 71.8 Å². The van der Waals surface area contributed by atoms with E-state index in [1.807, 2.05) is 31.2 Å². The van der Waals surface area contributed by atoms with Gasteiger partial charge in [0.05, 0.1) is 17.7 Å². The second kappa shape index (κ2) is 9.03. The Bertz CT molecular complexity index is 976. The van der Waals surface area contributed by atoms with Crippen LogP contribution in [0.1, 0.15) is 18.1 Å². The van der Waals surface area contributed by atoms with Gasteiger partial charge >= 0.3 is 0 Å². The summed E-state index contributed by atoms with van der Waals surface area (Å²) in [4.78, 5) is 12.3. The molecule has 0 atom stereocenters. The summed E-state index contributed by atoms with van der Waals surface area (Å²) in [5.74, 6) is -0.554. The number of benzene rings is 2. The lowest BCUT2D eigenvalue weighted by Gasteiger charge is -2.22. The molecule has 1 N–H and O–H groups in total. The minimum absolute atomic E-state index is 0.321. The Kier molecular flexibility index (Phi) is 7.24. The van der Waals surface area contributed by atoms with Gasteiger partial charge < -0.3 is 0 Å². The standard InChI is InChI=1S/C18H19ClIN3O3S/c1-12-4-9-16(10-17(12)19)23(27(3,25)26)11-18(24)22-21-13(2)14-5-7-15(20)8-6-14/h4-10H,11H2,1-3H3,(H,22,24)/b21-13-. The Morgan fingerprint density at radius 2 is 1.85 bits per heavy atom. The lowest BCUT2D eigenvalue weighted by molar-refractivity contribution is -0.119. The number of halogens is 2. The van der Waals surface area contributed by atoms with E-state index in [0.29, 0.717) is 16.4 Å². The molecule has 0 aliphatic carbocycles. The first-order valence-electron chi connectivity index (χ1n) is 7.91. The molecule has 0 radical (unpaired) electrons. The molecule has 27 heavy (non-hydrogen) atoms. The molecular formula is C18H19ClIN3O3S. The Balaban J connectivity index is 2.15. The summed E-state index contributed by atoms with van der Waals surface area (Å²) in [5.41, 5.74) is 5.02. The van der Waals surface area contributed by atoms with E-state index in [2.05, 4.69) is 33.1 Å². The van der Waals surface area contributed by atoms with Gasteiger partial charge in [-0.1, -0.05) is 29.8 Å². The van der Waals surface area contributed by atoms with Gasteiger partial charge in [0, 0.05) is 8.59 Å². The van der Waals surface area contributed by atoms with Crippen molar-refractivity contribution < 1.29 is 13.2 Å². The Labute approximate surface area is 177 Å². The van der Waals surface area contributed by atoms with Gasteiger partial charge in [0.1, 0.15) is 6.54 Å². The minimum atomic E-state index is -3.67. The lowest BCUT2D eigenvalue weighted by atomic mass is 10.1. The van der Waals surface area contributed by atoms with E-state index < -0.39 is 22.5 Å². The third-order valence-electron chi connectivity index (χ3n) is 3.74. The van der Waals surface area contributed by atoms with Crippen molar-refractivity contribution in [2.45, 2.75) is 13.8 Å². The van der Waals surface area contributed by atoms with Gasteiger partial charge in [-0.3, -0.25) is 9.10 Å². The molecule has 9 heteroatoms. The number of aryl methyl sites for hydroxylation is 1. The summed E-state index contributed by atoms with van der Waals surface area (Å²) in [6, 6.07) is 12.5. The van der Waals surface area contributed by atoms with Crippen LogP contribution >= 0.6 is 34.2 Å². The molecule has 0 unspecified atom stereocenters. The fraction of sp³-hybridized carbons (Fsp3) is 0.222. The van der Waals surface area contributed by atoms with Crippen molar-refractivity contribution in [3.63, 3.8) is 0 Å². The molecule has 2 aromatic carbocycles. The summed E-state index contributed by atoms with van der Waals surface area (Å²) in [6.07, 6.45) is 1.04. The SMILES string of the molecule is C/C(=N/NC(=O)CN(c1ccc(C)c(Cl)c1)S(C)(=O)=O)c1ccc(I)cc1. The maximum absolute atomic E-state index is 12.3. The monoisotopic (exact) mass is 519 g/mol. The molecule has 0 saturated carbocycles. The topological polar surface area (TPSA) is 78.8 Å². The molecule has 0 aromatic heterocycles. The molecule has 0 fully saturated rings. The van der Waals surface area contributed by atoms with Crippen molar-refractivity contribution in [1.82, 2.24) is 5.43 Å². The first-order chi connectivity index (χ1) is 12.6. The highest BCUT2D eigenvalue weighted by Crippen LogP contribution is 2.24. The summed E-state index contributed by atoms with van der Waals surface area (Å²) >= 11 is 8.28. The van der Waals surface area contributed by atoms with E-state index in [9.17, 15) is 13.2 Å². The first-order valence-corrected chi connectivity index (χ1v) is 11.2. The van der Waals surface area contributed by atoms with Crippen LogP contribution in [0.2, 0.25) is 5.02 Å². The van der Waals surface area contributed by atoms with Crippen LogP contribution in [0.25, 0.3) is 0 Å². The Morgan fingerprint density at radius 3 is 2.41 bits per heavy atom. The van der Waals surface area contributed by atoms with E-state index in [4.69, 9.17) is 11.6 Å². The maximum Gasteiger partial charge on any atom is 0.260 e. The molecule has 1 amide bonds. The van der Waals surface area contributed by atoms with E-state index in [1.165, 1.54) is 6.07 Å². The third-order valence-corrected chi connectivity index (χ3v) is 6.01. The number of rotatable bonds is 6. The Morgan fingerprint density at radius 1 is 1.22 bits per heavy atom. The molecule has 6 nitrogen and oxygen atoms in total. The van der Waals surface area contributed by atoms with Crippen LogP contribution in [0.4, 0.5) is 5.69 Å². The summed E-state index contributed by atoms with van der Waals surface area (Å²) in [6.45, 7) is 3.17. The number of sulfonamides is 1. The largest absolute Gasteiger partial charge is 0.271 e. The average Bonchev–Trinajstić information content (AvgIpc) is 2.59. The van der Waals surface area contributed by atoms with Crippen molar-refractivity contribution in [2.75, 3.05) is 17.1 Å². The number of hydrogen-bond acceptors (Lipinski definition) is 4. The molecule has 0 aliphatic heterocycles. The highest BCUT2D eigenvalue weighted by atomic mass is 127. The zero-order valence-corrected chi connectivity index (χ0v) is 18.8. The van der Waals surface area contributed by atoms with Gasteiger partial charge in [-0.25, -0.2) is 13.8 Å². The molecule has 2 rings (SSSR count). The minimum Gasteiger partial charge on any atom is -0.271 e. The van der Waals surface area contributed by atoms with Gasteiger partial charge in [0.15, 0.2) is 0 Å². The molecule has 144 valence electrons. The van der Waals surface area contributed by atoms with Crippen LogP contribution < -0.4 is 9.73 Å². The van der Waals surface area contributed by atoms with Gasteiger partial charge in [-0.15, -0.1) is 0 Å². The van der Waals surface area contributed by atoms with Crippen LogP contribution in [0, 0.1) is 10.5 Å². The number of anilines is 1. The number of nitrogens with one attached hydrogen (secondary N) is 1. The number of nitrogens with zero attached hydrogens (tertiary/aromatic N) is 2. The quantitative estimate of drug-likeness (QED) is 0.360. The summed E-state index contributed by atoms with van der Waals surface area (Å²) in [7, 11) is -3.67. The average molecular weight is 520 g/mol. The zero-order valence-electron chi connectivity index (χ0n) is 15.0. The molecule has 0 bridgehead atoms. The summed E-state index contributed by atoms with van der Waals surface area (Å²) < 4.78 is 26.3. The third kappa shape index (κ3) is 6.18. The van der Waals surface area contributed by atoms with Crippen LogP contribution in [-0.4, -0.2) is 32.8 Å². The van der Waals surface area contributed by atoms with Crippen LogP contribution in [0.3, 0.4) is 0 Å². The van der Waals surface area contributed by atoms with Crippen molar-refractivity contribution in [2.24, 2.45) is 5.10 Å². The van der Waals surface area contributed by atoms with E-state index >= 15 is 0 Å². The predicted molar refractivity (Wildman–Crippen MR) is 118 cm³/mol. The highest BCUT2D eigenvalue weighted by molar-refractivity contribution is 14.1. The molecule has 0 aliphatic rings. The van der Waals surface area contributed by atoms with Crippen LogP contribution in [0.15, 0.2) is 47.6 Å². The van der Waals surface area contributed by atoms with Crippen molar-refractivity contribution in [3.05, 3.63) is 62.2 Å². The maximum atomic E-state index is 12.3. The fourth-order valence-corrected chi connectivity index (χ4v) is 3.59. The van der Waals surface area contributed by atoms with Crippen LogP contribution in [0.5, 0.6) is 0 Å². The Hall–Kier alpha value is -1.65. The van der Waals surface area contributed by atoms with Gasteiger partial charge in [0.2, 0.25) is 10.0 Å². The van der Waals surface area contributed by atoms with Gasteiger partial charge in [0.25, 0.3) is 5.91 Å². The molecule has 0 spiro atoms. The smallest absolute Gasteiger partial charge is 0.260 e. The number of hydrazone groups is 1. The fourth-order valence-electron chi connectivity index (χ4n) is 2.20. The lowest BCUT2D eigenvalue weighted by Crippen LogP contribution is -2.39. The second-order valence-electron chi connectivity index (χ2n) is 5.94. The number of carbonyl (C=O) groups is 1. The highest BCUT2D eigenvalue weighted by Gasteiger charge is 2.21. The number of hydrogen-bond donors (Lipinski definition) is 1. The van der Waals surface area contributed by atoms with Crippen LogP contribution in [-0.2, 0) is 14.8 Å². The number of amides is 1. The zero-order chi connectivity index (χ0) is 20.2. The van der Waals surface area contributed by atoms with E-state index in [1.54, 1.807) is 19.1 Å². The predicted octanol–water partition coefficient (Wildman–Crippen LogP) is 3.56. The van der Waals surface area contributed by atoms with Crippen molar-refractivity contribution >= 4 is 61.5 Å². The van der Waals surface area contributed by atoms with E-state index in [-0.39, 0.29) is 0 Å². The van der Waals surface area contributed by atoms with Crippen molar-refractivity contribution in [3.8, 4) is 0 Å². The molecule has 0 saturated heterocycles. The normalized spacial score (nSPS) is 12.0. The van der Waals surface area contributed by atoms with Gasteiger partial charge in [-0.2, -0.15) is 5.10 Å².